The minimum Gasteiger partial charge on any atom is -0.363 e. The van der Waals surface area contributed by atoms with Crippen molar-refractivity contribution >= 4 is 29.2 Å². The van der Waals surface area contributed by atoms with Crippen LogP contribution in [0.4, 0.5) is 5.82 Å². The summed E-state index contributed by atoms with van der Waals surface area (Å²) in [6, 6.07) is 0.182. The van der Waals surface area contributed by atoms with Crippen LogP contribution in [0, 0.1) is 0 Å². The van der Waals surface area contributed by atoms with Crippen LogP contribution in [0.3, 0.4) is 0 Å². The summed E-state index contributed by atoms with van der Waals surface area (Å²) in [5.41, 5.74) is 1.05. The van der Waals surface area contributed by atoms with Crippen molar-refractivity contribution in [3.05, 3.63) is 23.6 Å². The van der Waals surface area contributed by atoms with Crippen LogP contribution in [0.2, 0.25) is 5.28 Å². The molecule has 0 aromatic carbocycles. The van der Waals surface area contributed by atoms with Crippen LogP contribution < -0.4 is 5.32 Å². The van der Waals surface area contributed by atoms with Gasteiger partial charge in [-0.15, -0.1) is 18.3 Å². The quantitative estimate of drug-likeness (QED) is 0.652. The second-order valence-electron chi connectivity index (χ2n) is 3.38. The lowest BCUT2D eigenvalue weighted by atomic mass is 10.3. The number of thioether (sulfide) groups is 1. The van der Waals surface area contributed by atoms with E-state index >= 15 is 0 Å². The van der Waals surface area contributed by atoms with Gasteiger partial charge in [0.2, 0.25) is 5.28 Å². The Labute approximate surface area is 98.3 Å². The number of nitrogens with zero attached hydrogens (tertiary/aromatic N) is 2. The third-order valence-electron chi connectivity index (χ3n) is 2.21. The van der Waals surface area contributed by atoms with E-state index in [0.29, 0.717) is 5.28 Å². The van der Waals surface area contributed by atoms with Crippen LogP contribution in [0.25, 0.3) is 0 Å². The molecule has 0 bridgehead atoms. The highest BCUT2D eigenvalue weighted by Gasteiger charge is 2.19. The Morgan fingerprint density at radius 3 is 3.13 bits per heavy atom. The first kappa shape index (κ1) is 10.8. The lowest BCUT2D eigenvalue weighted by Crippen LogP contribution is -2.14. The molecule has 2 rings (SSSR count). The van der Waals surface area contributed by atoms with E-state index in [1.807, 2.05) is 13.0 Å². The normalized spacial score (nSPS) is 15.9. The molecule has 80 valence electrons. The Balaban J connectivity index is 2.34. The molecule has 0 aliphatic carbocycles. The SMILES string of the molecule is C=CC(C)Nc1nc(Cl)nc2c1SCC2. The highest BCUT2D eigenvalue weighted by atomic mass is 35.5. The lowest BCUT2D eigenvalue weighted by Gasteiger charge is -2.12. The van der Waals surface area contributed by atoms with Gasteiger partial charge in [-0.1, -0.05) is 6.08 Å². The molecule has 5 heteroatoms. The number of aromatic nitrogens is 2. The first-order valence-corrected chi connectivity index (χ1v) is 6.15. The van der Waals surface area contributed by atoms with Crippen LogP contribution in [-0.4, -0.2) is 21.8 Å². The van der Waals surface area contributed by atoms with E-state index in [-0.39, 0.29) is 6.04 Å². The summed E-state index contributed by atoms with van der Waals surface area (Å²) in [5.74, 6) is 1.89. The summed E-state index contributed by atoms with van der Waals surface area (Å²) >= 11 is 7.63. The topological polar surface area (TPSA) is 37.8 Å². The van der Waals surface area contributed by atoms with Crippen LogP contribution >= 0.6 is 23.4 Å². The summed E-state index contributed by atoms with van der Waals surface area (Å²) < 4.78 is 0. The van der Waals surface area contributed by atoms with E-state index in [9.17, 15) is 0 Å². The number of fused-ring (bicyclic) bond motifs is 1. The van der Waals surface area contributed by atoms with Gasteiger partial charge in [0.25, 0.3) is 0 Å². The molecule has 1 N–H and O–H groups in total. The molecule has 3 nitrogen and oxygen atoms in total. The van der Waals surface area contributed by atoms with E-state index < -0.39 is 0 Å². The van der Waals surface area contributed by atoms with Gasteiger partial charge in [0.15, 0.2) is 0 Å². The highest BCUT2D eigenvalue weighted by Crippen LogP contribution is 2.36. The van der Waals surface area contributed by atoms with Crippen LogP contribution in [-0.2, 0) is 6.42 Å². The molecular weight excluding hydrogens is 230 g/mol. The largest absolute Gasteiger partial charge is 0.363 e. The van der Waals surface area contributed by atoms with Crippen molar-refractivity contribution in [1.82, 2.24) is 9.97 Å². The zero-order valence-electron chi connectivity index (χ0n) is 8.46. The molecule has 1 unspecified atom stereocenters. The van der Waals surface area contributed by atoms with Crippen LogP contribution in [0.1, 0.15) is 12.6 Å². The van der Waals surface area contributed by atoms with Crippen molar-refractivity contribution in [3.63, 3.8) is 0 Å². The summed E-state index contributed by atoms with van der Waals surface area (Å²) in [7, 11) is 0. The maximum Gasteiger partial charge on any atom is 0.224 e. The minimum atomic E-state index is 0.182. The molecule has 15 heavy (non-hydrogen) atoms. The fourth-order valence-electron chi connectivity index (χ4n) is 1.41. The molecule has 1 aliphatic heterocycles. The average Bonchev–Trinajstić information content (AvgIpc) is 2.65. The Kier molecular flexibility index (Phi) is 3.17. The molecule has 1 aromatic rings. The summed E-state index contributed by atoms with van der Waals surface area (Å²) in [4.78, 5) is 9.55. The molecule has 2 heterocycles. The summed E-state index contributed by atoms with van der Waals surface area (Å²) in [6.07, 6.45) is 2.81. The third-order valence-corrected chi connectivity index (χ3v) is 3.51. The maximum atomic E-state index is 5.86. The fourth-order valence-corrected chi connectivity index (χ4v) is 2.65. The van der Waals surface area contributed by atoms with Crippen molar-refractivity contribution in [3.8, 4) is 0 Å². The van der Waals surface area contributed by atoms with Gasteiger partial charge in [-0.05, 0) is 18.5 Å². The minimum absolute atomic E-state index is 0.182. The molecule has 0 amide bonds. The molecule has 1 atom stereocenters. The highest BCUT2D eigenvalue weighted by molar-refractivity contribution is 7.99. The van der Waals surface area contributed by atoms with E-state index in [0.717, 1.165) is 28.6 Å². The Hall–Kier alpha value is -0.740. The smallest absolute Gasteiger partial charge is 0.224 e. The van der Waals surface area contributed by atoms with Crippen molar-refractivity contribution in [2.45, 2.75) is 24.3 Å². The van der Waals surface area contributed by atoms with Crippen LogP contribution in [0.5, 0.6) is 0 Å². The van der Waals surface area contributed by atoms with Crippen molar-refractivity contribution < 1.29 is 0 Å². The van der Waals surface area contributed by atoms with Gasteiger partial charge in [-0.2, -0.15) is 4.98 Å². The Morgan fingerprint density at radius 2 is 2.40 bits per heavy atom. The van der Waals surface area contributed by atoms with E-state index in [4.69, 9.17) is 11.6 Å². The van der Waals surface area contributed by atoms with Gasteiger partial charge in [0.1, 0.15) is 5.82 Å². The monoisotopic (exact) mass is 241 g/mol. The maximum absolute atomic E-state index is 5.86. The molecule has 0 spiro atoms. The number of hydrogen-bond acceptors (Lipinski definition) is 4. The molecule has 1 aliphatic rings. The van der Waals surface area contributed by atoms with Gasteiger partial charge >= 0.3 is 0 Å². The number of hydrogen-bond donors (Lipinski definition) is 1. The van der Waals surface area contributed by atoms with E-state index in [2.05, 4.69) is 21.9 Å². The zero-order valence-corrected chi connectivity index (χ0v) is 10.0. The third kappa shape index (κ3) is 2.26. The Bertz CT molecular complexity index is 394. The Morgan fingerprint density at radius 1 is 1.60 bits per heavy atom. The van der Waals surface area contributed by atoms with Crippen LogP contribution in [0.15, 0.2) is 17.6 Å². The number of anilines is 1. The number of halogens is 1. The van der Waals surface area contributed by atoms with Gasteiger partial charge in [-0.25, -0.2) is 4.98 Å². The van der Waals surface area contributed by atoms with Crippen molar-refractivity contribution in [2.24, 2.45) is 0 Å². The predicted octanol–water partition coefficient (Wildman–Crippen LogP) is 2.76. The van der Waals surface area contributed by atoms with E-state index in [1.165, 1.54) is 0 Å². The molecular formula is C10H12ClN3S. The molecule has 1 aromatic heterocycles. The van der Waals surface area contributed by atoms with Gasteiger partial charge in [0, 0.05) is 18.2 Å². The zero-order chi connectivity index (χ0) is 10.8. The second-order valence-corrected chi connectivity index (χ2v) is 4.83. The first-order valence-electron chi connectivity index (χ1n) is 4.79. The lowest BCUT2D eigenvalue weighted by molar-refractivity contribution is 0.927. The van der Waals surface area contributed by atoms with Crippen molar-refractivity contribution in [1.29, 1.82) is 0 Å². The predicted molar refractivity (Wildman–Crippen MR) is 64.8 cm³/mol. The van der Waals surface area contributed by atoms with Gasteiger partial charge in [0.05, 0.1) is 10.6 Å². The molecule has 0 saturated heterocycles. The average molecular weight is 242 g/mol. The fraction of sp³-hybridized carbons (Fsp3) is 0.400. The van der Waals surface area contributed by atoms with Crippen molar-refractivity contribution in [2.75, 3.05) is 11.1 Å². The number of aryl methyl sites for hydroxylation is 1. The van der Waals surface area contributed by atoms with E-state index in [1.54, 1.807) is 11.8 Å². The summed E-state index contributed by atoms with van der Waals surface area (Å²) in [5, 5.41) is 3.57. The molecule has 0 radical (unpaired) electrons. The molecule has 0 fully saturated rings. The number of rotatable bonds is 3. The number of nitrogens with one attached hydrogen (secondary N) is 1. The second kappa shape index (κ2) is 4.41. The molecule has 0 saturated carbocycles. The first-order chi connectivity index (χ1) is 7.20. The van der Waals surface area contributed by atoms with Gasteiger partial charge in [-0.3, -0.25) is 0 Å². The van der Waals surface area contributed by atoms with Gasteiger partial charge < -0.3 is 5.32 Å². The standard InChI is InChI=1S/C10H12ClN3S/c1-3-6(2)12-9-8-7(4-5-15-8)13-10(11)14-9/h3,6H,1,4-5H2,2H3,(H,12,13,14). The summed E-state index contributed by atoms with van der Waals surface area (Å²) in [6.45, 7) is 5.75.